The Bertz CT molecular complexity index is 903. The fraction of sp³-hybridized carbons (Fsp3) is 0.278. The summed E-state index contributed by atoms with van der Waals surface area (Å²) in [6.45, 7) is 0. The van der Waals surface area contributed by atoms with Crippen molar-refractivity contribution < 1.29 is 27.9 Å². The number of nitrogens with zero attached hydrogens (tertiary/aromatic N) is 2. The van der Waals surface area contributed by atoms with Crippen molar-refractivity contribution in [2.24, 2.45) is 5.92 Å². The summed E-state index contributed by atoms with van der Waals surface area (Å²) >= 11 is 0. The van der Waals surface area contributed by atoms with Gasteiger partial charge in [-0.05, 0) is 37.5 Å². The minimum Gasteiger partial charge on any atom is -0.478 e. The topological polar surface area (TPSA) is 84.2 Å². The number of benzene rings is 1. The maximum Gasteiger partial charge on any atom is 0.434 e. The minimum absolute atomic E-state index is 0.00355. The van der Waals surface area contributed by atoms with Gasteiger partial charge in [0.1, 0.15) is 5.56 Å². The summed E-state index contributed by atoms with van der Waals surface area (Å²) in [4.78, 5) is 23.4. The fourth-order valence-corrected chi connectivity index (χ4v) is 2.96. The number of anilines is 1. The van der Waals surface area contributed by atoms with E-state index in [1.807, 2.05) is 12.2 Å². The molecule has 1 aliphatic carbocycles. The molecule has 1 heterocycles. The molecule has 1 atom stereocenters. The Kier molecular flexibility index (Phi) is 5.02. The van der Waals surface area contributed by atoms with Gasteiger partial charge in [0.15, 0.2) is 5.69 Å². The van der Waals surface area contributed by atoms with Crippen LogP contribution in [0.3, 0.4) is 0 Å². The van der Waals surface area contributed by atoms with Crippen LogP contribution in [0.25, 0.3) is 5.69 Å². The number of carboxylic acids is 1. The third-order valence-corrected chi connectivity index (χ3v) is 4.27. The molecule has 1 aliphatic rings. The van der Waals surface area contributed by atoms with Gasteiger partial charge in [-0.25, -0.2) is 9.48 Å². The van der Waals surface area contributed by atoms with Gasteiger partial charge in [0.2, 0.25) is 5.91 Å². The van der Waals surface area contributed by atoms with E-state index >= 15 is 0 Å². The molecule has 0 fully saturated rings. The number of alkyl halides is 3. The lowest BCUT2D eigenvalue weighted by atomic mass is 9.93. The van der Waals surface area contributed by atoms with Crippen LogP contribution in [0.5, 0.6) is 0 Å². The quantitative estimate of drug-likeness (QED) is 0.790. The number of nitrogens with one attached hydrogen (secondary N) is 1. The SMILES string of the molecule is O=C(O)c1cnn(-c2cccc(NC(=O)C3CC=CCC3)c2)c1C(F)(F)F. The zero-order valence-corrected chi connectivity index (χ0v) is 14.0. The van der Waals surface area contributed by atoms with Crippen molar-refractivity contribution in [3.8, 4) is 5.69 Å². The highest BCUT2D eigenvalue weighted by Crippen LogP contribution is 2.34. The van der Waals surface area contributed by atoms with Crippen LogP contribution in [0.2, 0.25) is 0 Å². The van der Waals surface area contributed by atoms with Gasteiger partial charge in [0, 0.05) is 11.6 Å². The Morgan fingerprint density at radius 1 is 1.26 bits per heavy atom. The molecule has 9 heteroatoms. The number of carboxylic acid groups (broad SMARTS) is 1. The predicted octanol–water partition coefficient (Wildman–Crippen LogP) is 3.88. The van der Waals surface area contributed by atoms with Crippen LogP contribution in [-0.2, 0) is 11.0 Å². The second-order valence-corrected chi connectivity index (χ2v) is 6.14. The number of rotatable bonds is 4. The molecule has 0 saturated heterocycles. The summed E-state index contributed by atoms with van der Waals surface area (Å²) in [5, 5.41) is 15.3. The Labute approximate surface area is 152 Å². The van der Waals surface area contributed by atoms with E-state index in [0.29, 0.717) is 29.4 Å². The molecule has 0 bridgehead atoms. The van der Waals surface area contributed by atoms with Gasteiger partial charge >= 0.3 is 12.1 Å². The predicted molar refractivity (Wildman–Crippen MR) is 90.6 cm³/mol. The van der Waals surface area contributed by atoms with Crippen LogP contribution >= 0.6 is 0 Å². The molecule has 1 aromatic carbocycles. The number of aromatic carboxylic acids is 1. The number of halogens is 3. The summed E-state index contributed by atoms with van der Waals surface area (Å²) in [6, 6.07) is 5.69. The van der Waals surface area contributed by atoms with Gasteiger partial charge in [0.05, 0.1) is 11.9 Å². The maximum atomic E-state index is 13.3. The molecule has 0 saturated carbocycles. The van der Waals surface area contributed by atoms with E-state index in [2.05, 4.69) is 10.4 Å². The Morgan fingerprint density at radius 2 is 2.04 bits per heavy atom. The summed E-state index contributed by atoms with van der Waals surface area (Å²) in [5.41, 5.74) is -2.01. The van der Waals surface area contributed by atoms with Crippen molar-refractivity contribution in [2.45, 2.75) is 25.4 Å². The van der Waals surface area contributed by atoms with Gasteiger partial charge in [-0.1, -0.05) is 18.2 Å². The molecule has 2 N–H and O–H groups in total. The average molecular weight is 379 g/mol. The molecule has 27 heavy (non-hydrogen) atoms. The lowest BCUT2D eigenvalue weighted by molar-refractivity contribution is -0.143. The fourth-order valence-electron chi connectivity index (χ4n) is 2.96. The second-order valence-electron chi connectivity index (χ2n) is 6.14. The second kappa shape index (κ2) is 7.26. The normalized spacial score (nSPS) is 16.9. The van der Waals surface area contributed by atoms with E-state index < -0.39 is 23.4 Å². The van der Waals surface area contributed by atoms with E-state index in [-0.39, 0.29) is 17.5 Å². The van der Waals surface area contributed by atoms with Gasteiger partial charge in [-0.15, -0.1) is 0 Å². The molecule has 0 aliphatic heterocycles. The van der Waals surface area contributed by atoms with Crippen LogP contribution in [-0.4, -0.2) is 26.8 Å². The molecule has 1 unspecified atom stereocenters. The Morgan fingerprint density at radius 3 is 2.67 bits per heavy atom. The smallest absolute Gasteiger partial charge is 0.434 e. The first kappa shape index (κ1) is 18.7. The van der Waals surface area contributed by atoms with Crippen LogP contribution in [0, 0.1) is 5.92 Å². The van der Waals surface area contributed by atoms with Crippen molar-refractivity contribution in [1.29, 1.82) is 0 Å². The molecule has 0 radical (unpaired) electrons. The standard InChI is InChI=1S/C18H16F3N3O3/c19-18(20,21)15-14(17(26)27)10-22-24(15)13-8-4-7-12(9-13)23-16(25)11-5-2-1-3-6-11/h1-2,4,7-11H,3,5-6H2,(H,23,25)(H,26,27). The molecule has 2 aromatic rings. The molecule has 1 aromatic heterocycles. The number of carbonyl (C=O) groups is 2. The lowest BCUT2D eigenvalue weighted by Gasteiger charge is -2.18. The first-order chi connectivity index (χ1) is 12.8. The van der Waals surface area contributed by atoms with Crippen molar-refractivity contribution in [3.05, 3.63) is 53.9 Å². The van der Waals surface area contributed by atoms with Crippen LogP contribution < -0.4 is 5.32 Å². The van der Waals surface area contributed by atoms with E-state index in [9.17, 15) is 22.8 Å². The van der Waals surface area contributed by atoms with E-state index in [0.717, 1.165) is 6.42 Å². The van der Waals surface area contributed by atoms with E-state index in [1.54, 1.807) is 6.07 Å². The highest BCUT2D eigenvalue weighted by atomic mass is 19.4. The number of hydrogen-bond donors (Lipinski definition) is 2. The highest BCUT2D eigenvalue weighted by Gasteiger charge is 2.40. The first-order valence-electron chi connectivity index (χ1n) is 8.22. The largest absolute Gasteiger partial charge is 0.478 e. The van der Waals surface area contributed by atoms with Crippen molar-refractivity contribution in [2.75, 3.05) is 5.32 Å². The number of allylic oxidation sites excluding steroid dienone is 2. The number of amides is 1. The van der Waals surface area contributed by atoms with Crippen LogP contribution in [0.15, 0.2) is 42.6 Å². The van der Waals surface area contributed by atoms with Crippen LogP contribution in [0.1, 0.15) is 35.3 Å². The third kappa shape index (κ3) is 4.02. The zero-order chi connectivity index (χ0) is 19.6. The van der Waals surface area contributed by atoms with Crippen molar-refractivity contribution in [3.63, 3.8) is 0 Å². The summed E-state index contributed by atoms with van der Waals surface area (Å²) < 4.78 is 40.5. The summed E-state index contributed by atoms with van der Waals surface area (Å²) in [6.07, 6.45) is 1.81. The van der Waals surface area contributed by atoms with Gasteiger partial charge in [-0.3, -0.25) is 4.79 Å². The number of hydrogen-bond acceptors (Lipinski definition) is 3. The molecule has 142 valence electrons. The molecular weight excluding hydrogens is 363 g/mol. The number of aromatic nitrogens is 2. The summed E-state index contributed by atoms with van der Waals surface area (Å²) in [5.74, 6) is -2.12. The van der Waals surface area contributed by atoms with E-state index in [4.69, 9.17) is 5.11 Å². The highest BCUT2D eigenvalue weighted by molar-refractivity contribution is 5.93. The number of carbonyl (C=O) groups excluding carboxylic acids is 1. The average Bonchev–Trinajstić information content (AvgIpc) is 3.08. The molecule has 3 rings (SSSR count). The lowest BCUT2D eigenvalue weighted by Crippen LogP contribution is -2.23. The molecule has 0 spiro atoms. The zero-order valence-electron chi connectivity index (χ0n) is 14.0. The minimum atomic E-state index is -4.90. The van der Waals surface area contributed by atoms with Gasteiger partial charge in [0.25, 0.3) is 0 Å². The van der Waals surface area contributed by atoms with Crippen LogP contribution in [0.4, 0.5) is 18.9 Å². The van der Waals surface area contributed by atoms with Crippen molar-refractivity contribution >= 4 is 17.6 Å². The molecule has 1 amide bonds. The van der Waals surface area contributed by atoms with Gasteiger partial charge in [-0.2, -0.15) is 18.3 Å². The third-order valence-electron chi connectivity index (χ3n) is 4.27. The maximum absolute atomic E-state index is 13.3. The van der Waals surface area contributed by atoms with Gasteiger partial charge < -0.3 is 10.4 Å². The van der Waals surface area contributed by atoms with Crippen molar-refractivity contribution in [1.82, 2.24) is 9.78 Å². The molecular formula is C18H16F3N3O3. The Hall–Kier alpha value is -3.10. The summed E-state index contributed by atoms with van der Waals surface area (Å²) in [7, 11) is 0. The molecule has 6 nitrogen and oxygen atoms in total. The monoisotopic (exact) mass is 379 g/mol. The Balaban J connectivity index is 1.91. The van der Waals surface area contributed by atoms with E-state index in [1.165, 1.54) is 18.2 Å². The first-order valence-corrected chi connectivity index (χ1v) is 8.22.